The molecule has 0 atom stereocenters. The van der Waals surface area contributed by atoms with Crippen molar-refractivity contribution in [3.63, 3.8) is 0 Å². The second-order valence-corrected chi connectivity index (χ2v) is 7.58. The fourth-order valence-electron chi connectivity index (χ4n) is 2.90. The highest BCUT2D eigenvalue weighted by Crippen LogP contribution is 2.25. The van der Waals surface area contributed by atoms with Crippen LogP contribution in [0.3, 0.4) is 0 Å². The molecule has 3 rings (SSSR count). The molecule has 0 saturated carbocycles. The van der Waals surface area contributed by atoms with E-state index in [2.05, 4.69) is 13.2 Å². The first-order valence-corrected chi connectivity index (χ1v) is 11.5. The molecule has 0 spiro atoms. The first kappa shape index (κ1) is 28.3. The number of hydrogen-bond donors (Lipinski definition) is 0. The molecule has 3 aromatic carbocycles. The molecular weight excluding hydrogens is 508 g/mol. The number of carbonyl (C=O) groups excluding carboxylic acids is 3. The Bertz CT molecular complexity index is 1300. The van der Waals surface area contributed by atoms with Crippen molar-refractivity contribution in [2.75, 3.05) is 20.4 Å². The molecule has 0 radical (unpaired) electrons. The van der Waals surface area contributed by atoms with Gasteiger partial charge in [0, 0.05) is 12.2 Å². The van der Waals surface area contributed by atoms with Crippen LogP contribution in [0.1, 0.15) is 15.9 Å². The van der Waals surface area contributed by atoms with E-state index in [9.17, 15) is 14.4 Å². The van der Waals surface area contributed by atoms with Crippen molar-refractivity contribution >= 4 is 17.9 Å². The highest BCUT2D eigenvalue weighted by molar-refractivity contribution is 5.91. The predicted octanol–water partition coefficient (Wildman–Crippen LogP) is 4.76. The molecule has 0 N–H and O–H groups in total. The van der Waals surface area contributed by atoms with E-state index in [0.717, 1.165) is 12.2 Å². The van der Waals surface area contributed by atoms with Crippen molar-refractivity contribution in [3.8, 4) is 28.7 Å². The lowest BCUT2D eigenvalue weighted by Crippen LogP contribution is -2.10. The van der Waals surface area contributed by atoms with Crippen LogP contribution in [0.4, 0.5) is 0 Å². The first-order chi connectivity index (χ1) is 18.9. The Hall–Kier alpha value is -5.25. The average molecular weight is 535 g/mol. The molecule has 0 saturated heterocycles. The maximum Gasteiger partial charge on any atom is 0.343 e. The van der Waals surface area contributed by atoms with Gasteiger partial charge in [-0.1, -0.05) is 13.2 Å². The highest BCUT2D eigenvalue weighted by atomic mass is 16.7. The van der Waals surface area contributed by atoms with Crippen LogP contribution in [0.5, 0.6) is 28.7 Å². The number of esters is 3. The summed E-state index contributed by atoms with van der Waals surface area (Å²) >= 11 is 0. The van der Waals surface area contributed by atoms with Crippen molar-refractivity contribution in [2.24, 2.45) is 0 Å². The van der Waals surface area contributed by atoms with Crippen molar-refractivity contribution < 1.29 is 47.5 Å². The van der Waals surface area contributed by atoms with Crippen LogP contribution >= 0.6 is 0 Å². The molecule has 0 heterocycles. The standard InChI is InChI=1S/C29H26O10/c1-4-27(30)37-18-34-22-8-6-21(7-9-22)29(32)39-26-15-14-25(16-20(26)3)36-17-33-23-10-12-24(13-11-23)35-19-38-28(31)5-2/h4-16H,1-2,17-19H2,3H3. The van der Waals surface area contributed by atoms with Crippen LogP contribution in [0, 0.1) is 6.92 Å². The summed E-state index contributed by atoms with van der Waals surface area (Å²) in [5.74, 6) is 0.633. The van der Waals surface area contributed by atoms with Crippen LogP contribution in [-0.2, 0) is 19.1 Å². The maximum atomic E-state index is 12.5. The number of benzene rings is 3. The van der Waals surface area contributed by atoms with Gasteiger partial charge in [-0.15, -0.1) is 0 Å². The molecule has 0 amide bonds. The van der Waals surface area contributed by atoms with Gasteiger partial charge in [0.1, 0.15) is 28.7 Å². The fraction of sp³-hybridized carbons (Fsp3) is 0.138. The van der Waals surface area contributed by atoms with E-state index in [-0.39, 0.29) is 20.4 Å². The van der Waals surface area contributed by atoms with E-state index in [0.29, 0.717) is 39.9 Å². The first-order valence-electron chi connectivity index (χ1n) is 11.5. The van der Waals surface area contributed by atoms with Crippen molar-refractivity contribution in [3.05, 3.63) is 103 Å². The summed E-state index contributed by atoms with van der Waals surface area (Å²) in [6.07, 6.45) is 2.08. The van der Waals surface area contributed by atoms with Crippen molar-refractivity contribution in [1.29, 1.82) is 0 Å². The van der Waals surface area contributed by atoms with Gasteiger partial charge in [-0.05, 0) is 79.2 Å². The zero-order chi connectivity index (χ0) is 28.0. The normalized spacial score (nSPS) is 9.97. The van der Waals surface area contributed by atoms with E-state index >= 15 is 0 Å². The maximum absolute atomic E-state index is 12.5. The van der Waals surface area contributed by atoms with Crippen LogP contribution in [0.15, 0.2) is 92.0 Å². The van der Waals surface area contributed by atoms with E-state index in [1.807, 2.05) is 0 Å². The summed E-state index contributed by atoms with van der Waals surface area (Å²) in [5, 5.41) is 0. The van der Waals surface area contributed by atoms with Gasteiger partial charge < -0.3 is 33.2 Å². The monoisotopic (exact) mass is 534 g/mol. The fourth-order valence-corrected chi connectivity index (χ4v) is 2.90. The lowest BCUT2D eigenvalue weighted by molar-refractivity contribution is -0.145. The van der Waals surface area contributed by atoms with Crippen LogP contribution < -0.4 is 23.7 Å². The molecule has 0 aliphatic heterocycles. The Kier molecular flexibility index (Phi) is 10.5. The summed E-state index contributed by atoms with van der Waals surface area (Å²) in [7, 11) is 0. The summed E-state index contributed by atoms with van der Waals surface area (Å²) in [5.41, 5.74) is 0.997. The highest BCUT2D eigenvalue weighted by Gasteiger charge is 2.12. The quantitative estimate of drug-likeness (QED) is 0.124. The summed E-state index contributed by atoms with van der Waals surface area (Å²) in [4.78, 5) is 34.6. The Balaban J connectivity index is 1.44. The Morgan fingerprint density at radius 2 is 1.08 bits per heavy atom. The molecule has 0 fully saturated rings. The Morgan fingerprint density at radius 3 is 1.56 bits per heavy atom. The molecule has 0 aliphatic rings. The second-order valence-electron chi connectivity index (χ2n) is 7.58. The Labute approximate surface area is 224 Å². The molecule has 0 aromatic heterocycles. The van der Waals surface area contributed by atoms with Crippen molar-refractivity contribution in [1.82, 2.24) is 0 Å². The number of carbonyl (C=O) groups is 3. The zero-order valence-electron chi connectivity index (χ0n) is 21.1. The summed E-state index contributed by atoms with van der Waals surface area (Å²) < 4.78 is 36.7. The number of hydrogen-bond acceptors (Lipinski definition) is 10. The Morgan fingerprint density at radius 1 is 0.641 bits per heavy atom. The average Bonchev–Trinajstić information content (AvgIpc) is 2.95. The zero-order valence-corrected chi connectivity index (χ0v) is 21.1. The SMILES string of the molecule is C=CC(=O)OCOc1ccc(OCOc2ccc(OC(=O)c3ccc(OCOC(=O)C=C)cc3)c(C)c2)cc1. The summed E-state index contributed by atoms with van der Waals surface area (Å²) in [6, 6.07) is 17.9. The minimum absolute atomic E-state index is 0.0586. The molecule has 3 aromatic rings. The van der Waals surface area contributed by atoms with E-state index < -0.39 is 17.9 Å². The van der Waals surface area contributed by atoms with Gasteiger partial charge in [0.05, 0.1) is 5.56 Å². The number of ether oxygens (including phenoxy) is 7. The van der Waals surface area contributed by atoms with Gasteiger partial charge >= 0.3 is 17.9 Å². The topological polar surface area (TPSA) is 116 Å². The van der Waals surface area contributed by atoms with Gasteiger partial charge in [0.15, 0.2) is 0 Å². The third-order valence-corrected chi connectivity index (χ3v) is 4.90. The van der Waals surface area contributed by atoms with Crippen LogP contribution in [0.2, 0.25) is 0 Å². The lowest BCUT2D eigenvalue weighted by Gasteiger charge is -2.12. The van der Waals surface area contributed by atoms with E-state index in [4.69, 9.17) is 33.2 Å². The van der Waals surface area contributed by atoms with E-state index in [1.54, 1.807) is 61.5 Å². The number of aryl methyl sites for hydroxylation is 1. The minimum Gasteiger partial charge on any atom is -0.457 e. The van der Waals surface area contributed by atoms with Gasteiger partial charge in [0.25, 0.3) is 0 Å². The minimum atomic E-state index is -0.599. The molecule has 10 heteroatoms. The molecular formula is C29H26O10. The smallest absolute Gasteiger partial charge is 0.343 e. The van der Waals surface area contributed by atoms with Crippen LogP contribution in [0.25, 0.3) is 0 Å². The van der Waals surface area contributed by atoms with Gasteiger partial charge in [0.2, 0.25) is 20.4 Å². The van der Waals surface area contributed by atoms with Gasteiger partial charge in [-0.2, -0.15) is 0 Å². The summed E-state index contributed by atoms with van der Waals surface area (Å²) in [6.45, 7) is 7.82. The molecule has 0 aliphatic carbocycles. The second kappa shape index (κ2) is 14.5. The largest absolute Gasteiger partial charge is 0.457 e. The molecule has 39 heavy (non-hydrogen) atoms. The molecule has 0 bridgehead atoms. The van der Waals surface area contributed by atoms with Crippen LogP contribution in [-0.4, -0.2) is 38.3 Å². The number of rotatable bonds is 14. The van der Waals surface area contributed by atoms with Crippen molar-refractivity contribution in [2.45, 2.75) is 6.92 Å². The third kappa shape index (κ3) is 9.29. The lowest BCUT2D eigenvalue weighted by atomic mass is 10.2. The predicted molar refractivity (Wildman–Crippen MR) is 139 cm³/mol. The third-order valence-electron chi connectivity index (χ3n) is 4.90. The molecule has 10 nitrogen and oxygen atoms in total. The van der Waals surface area contributed by atoms with Gasteiger partial charge in [-0.25, -0.2) is 14.4 Å². The van der Waals surface area contributed by atoms with E-state index in [1.165, 1.54) is 12.1 Å². The molecule has 202 valence electrons. The van der Waals surface area contributed by atoms with Gasteiger partial charge in [-0.3, -0.25) is 0 Å². The molecule has 0 unspecified atom stereocenters.